The molecule has 0 bridgehead atoms. The molecule has 2 aromatic rings. The van der Waals surface area contributed by atoms with E-state index in [0.717, 1.165) is 0 Å². The lowest BCUT2D eigenvalue weighted by molar-refractivity contribution is 0.0945. The quantitative estimate of drug-likeness (QED) is 0.911. The zero-order valence-electron chi connectivity index (χ0n) is 11.3. The second kappa shape index (κ2) is 5.65. The number of amides is 1. The van der Waals surface area contributed by atoms with Crippen molar-refractivity contribution in [3.05, 3.63) is 66.0 Å². The summed E-state index contributed by atoms with van der Waals surface area (Å²) in [6.07, 6.45) is 3.24. The van der Waals surface area contributed by atoms with Gasteiger partial charge in [-0.1, -0.05) is 44.2 Å². The highest BCUT2D eigenvalue weighted by Gasteiger charge is 2.21. The standard InChI is InChI=1S/C16H18N2O/c1-16(2,14-6-4-3-5-7-14)12-18-15(19)13-8-10-17-11-9-13/h3-11H,12H2,1-2H3,(H,18,19). The lowest BCUT2D eigenvalue weighted by atomic mass is 9.84. The van der Waals surface area contributed by atoms with E-state index >= 15 is 0 Å². The molecule has 98 valence electrons. The number of carbonyl (C=O) groups excluding carboxylic acids is 1. The molecule has 3 heteroatoms. The van der Waals surface area contributed by atoms with Crippen molar-refractivity contribution in [2.45, 2.75) is 19.3 Å². The molecule has 3 nitrogen and oxygen atoms in total. The van der Waals surface area contributed by atoms with Gasteiger partial charge in [0.05, 0.1) is 0 Å². The smallest absolute Gasteiger partial charge is 0.251 e. The molecule has 0 aliphatic carbocycles. The summed E-state index contributed by atoms with van der Waals surface area (Å²) in [5.74, 6) is -0.0635. The summed E-state index contributed by atoms with van der Waals surface area (Å²) in [5, 5.41) is 2.97. The van der Waals surface area contributed by atoms with Crippen molar-refractivity contribution in [3.63, 3.8) is 0 Å². The average molecular weight is 254 g/mol. The predicted octanol–water partition coefficient (Wildman–Crippen LogP) is 2.79. The number of pyridine rings is 1. The Kier molecular flexibility index (Phi) is 3.95. The van der Waals surface area contributed by atoms with Gasteiger partial charge in [-0.05, 0) is 17.7 Å². The summed E-state index contributed by atoms with van der Waals surface area (Å²) in [6.45, 7) is 4.84. The Morgan fingerprint density at radius 1 is 1.11 bits per heavy atom. The van der Waals surface area contributed by atoms with Crippen LogP contribution in [0.3, 0.4) is 0 Å². The molecule has 0 fully saturated rings. The SMILES string of the molecule is CC(C)(CNC(=O)c1ccncc1)c1ccccc1. The lowest BCUT2D eigenvalue weighted by Crippen LogP contribution is -2.36. The topological polar surface area (TPSA) is 42.0 Å². The van der Waals surface area contributed by atoms with Crippen LogP contribution >= 0.6 is 0 Å². The first-order valence-electron chi connectivity index (χ1n) is 6.33. The van der Waals surface area contributed by atoms with Gasteiger partial charge in [0.2, 0.25) is 0 Å². The number of rotatable bonds is 4. The highest BCUT2D eigenvalue weighted by molar-refractivity contribution is 5.94. The average Bonchev–Trinajstić information content (AvgIpc) is 2.47. The second-order valence-corrected chi connectivity index (χ2v) is 5.17. The van der Waals surface area contributed by atoms with Crippen molar-refractivity contribution < 1.29 is 4.79 Å². The highest BCUT2D eigenvalue weighted by Crippen LogP contribution is 2.21. The monoisotopic (exact) mass is 254 g/mol. The normalized spacial score (nSPS) is 11.1. The maximum atomic E-state index is 12.0. The van der Waals surface area contributed by atoms with Crippen molar-refractivity contribution in [2.24, 2.45) is 0 Å². The molecule has 1 amide bonds. The molecule has 19 heavy (non-hydrogen) atoms. The van der Waals surface area contributed by atoms with Gasteiger partial charge < -0.3 is 5.32 Å². The van der Waals surface area contributed by atoms with Crippen LogP contribution in [-0.4, -0.2) is 17.4 Å². The number of aromatic nitrogens is 1. The third-order valence-corrected chi connectivity index (χ3v) is 3.19. The number of nitrogens with one attached hydrogen (secondary N) is 1. The van der Waals surface area contributed by atoms with E-state index in [-0.39, 0.29) is 11.3 Å². The zero-order chi connectivity index (χ0) is 13.7. The number of hydrogen-bond donors (Lipinski definition) is 1. The fraction of sp³-hybridized carbons (Fsp3) is 0.250. The first-order valence-corrected chi connectivity index (χ1v) is 6.33. The summed E-state index contributed by atoms with van der Waals surface area (Å²) in [7, 11) is 0. The molecular formula is C16H18N2O. The molecule has 0 saturated heterocycles. The van der Waals surface area contributed by atoms with E-state index in [4.69, 9.17) is 0 Å². The first kappa shape index (κ1) is 13.3. The first-order chi connectivity index (χ1) is 9.09. The van der Waals surface area contributed by atoms with Gasteiger partial charge in [-0.15, -0.1) is 0 Å². The maximum absolute atomic E-state index is 12.0. The molecule has 0 unspecified atom stereocenters. The van der Waals surface area contributed by atoms with Crippen LogP contribution in [0.1, 0.15) is 29.8 Å². The van der Waals surface area contributed by atoms with Crippen LogP contribution in [0.5, 0.6) is 0 Å². The van der Waals surface area contributed by atoms with E-state index in [9.17, 15) is 4.79 Å². The molecular weight excluding hydrogens is 236 g/mol. The Labute approximate surface area is 113 Å². The Bertz CT molecular complexity index is 535. The number of nitrogens with zero attached hydrogens (tertiary/aromatic N) is 1. The molecule has 1 heterocycles. The highest BCUT2D eigenvalue weighted by atomic mass is 16.1. The van der Waals surface area contributed by atoms with Gasteiger partial charge in [0.1, 0.15) is 0 Å². The molecule has 0 aliphatic rings. The summed E-state index contributed by atoms with van der Waals surface area (Å²) < 4.78 is 0. The van der Waals surface area contributed by atoms with E-state index in [1.54, 1.807) is 24.5 Å². The van der Waals surface area contributed by atoms with Gasteiger partial charge in [0.25, 0.3) is 5.91 Å². The van der Waals surface area contributed by atoms with E-state index in [0.29, 0.717) is 12.1 Å². The molecule has 0 radical (unpaired) electrons. The Morgan fingerprint density at radius 3 is 2.37 bits per heavy atom. The van der Waals surface area contributed by atoms with Crippen LogP contribution < -0.4 is 5.32 Å². The number of benzene rings is 1. The Morgan fingerprint density at radius 2 is 1.74 bits per heavy atom. The van der Waals surface area contributed by atoms with Gasteiger partial charge in [-0.25, -0.2) is 0 Å². The van der Waals surface area contributed by atoms with Crippen molar-refractivity contribution in [1.82, 2.24) is 10.3 Å². The Hall–Kier alpha value is -2.16. The molecule has 2 rings (SSSR count). The molecule has 0 atom stereocenters. The second-order valence-electron chi connectivity index (χ2n) is 5.17. The number of carbonyl (C=O) groups is 1. The van der Waals surface area contributed by atoms with Gasteiger partial charge >= 0.3 is 0 Å². The van der Waals surface area contributed by atoms with E-state index in [2.05, 4.69) is 36.3 Å². The van der Waals surface area contributed by atoms with Crippen LogP contribution in [0, 0.1) is 0 Å². The zero-order valence-corrected chi connectivity index (χ0v) is 11.3. The summed E-state index contributed by atoms with van der Waals surface area (Å²) in [4.78, 5) is 15.9. The molecule has 1 N–H and O–H groups in total. The summed E-state index contributed by atoms with van der Waals surface area (Å²) in [6, 6.07) is 13.6. The molecule has 0 aliphatic heterocycles. The fourth-order valence-corrected chi connectivity index (χ4v) is 1.90. The molecule has 0 saturated carbocycles. The maximum Gasteiger partial charge on any atom is 0.251 e. The Balaban J connectivity index is 2.01. The summed E-state index contributed by atoms with van der Waals surface area (Å²) in [5.41, 5.74) is 1.76. The minimum atomic E-state index is -0.0933. The van der Waals surface area contributed by atoms with Crippen LogP contribution in [0.4, 0.5) is 0 Å². The minimum Gasteiger partial charge on any atom is -0.351 e. The van der Waals surface area contributed by atoms with E-state index < -0.39 is 0 Å². The molecule has 1 aromatic heterocycles. The fourth-order valence-electron chi connectivity index (χ4n) is 1.90. The van der Waals surface area contributed by atoms with Gasteiger partial charge in [0.15, 0.2) is 0 Å². The lowest BCUT2D eigenvalue weighted by Gasteiger charge is -2.25. The number of hydrogen-bond acceptors (Lipinski definition) is 2. The molecule has 0 spiro atoms. The van der Waals surface area contributed by atoms with Crippen molar-refractivity contribution in [1.29, 1.82) is 0 Å². The minimum absolute atomic E-state index is 0.0635. The van der Waals surface area contributed by atoms with Crippen LogP contribution in [0.2, 0.25) is 0 Å². The van der Waals surface area contributed by atoms with Crippen LogP contribution in [0.15, 0.2) is 54.9 Å². The summed E-state index contributed by atoms with van der Waals surface area (Å²) >= 11 is 0. The van der Waals surface area contributed by atoms with Crippen molar-refractivity contribution in [3.8, 4) is 0 Å². The van der Waals surface area contributed by atoms with Gasteiger partial charge in [-0.2, -0.15) is 0 Å². The van der Waals surface area contributed by atoms with Gasteiger partial charge in [-0.3, -0.25) is 9.78 Å². The molecule has 1 aromatic carbocycles. The van der Waals surface area contributed by atoms with Crippen molar-refractivity contribution in [2.75, 3.05) is 6.54 Å². The van der Waals surface area contributed by atoms with Crippen LogP contribution in [0.25, 0.3) is 0 Å². The van der Waals surface area contributed by atoms with Crippen molar-refractivity contribution >= 4 is 5.91 Å². The van der Waals surface area contributed by atoms with Crippen LogP contribution in [-0.2, 0) is 5.41 Å². The predicted molar refractivity (Wildman–Crippen MR) is 76.0 cm³/mol. The van der Waals surface area contributed by atoms with E-state index in [1.807, 2.05) is 18.2 Å². The largest absolute Gasteiger partial charge is 0.351 e. The third kappa shape index (κ3) is 3.41. The van der Waals surface area contributed by atoms with Gasteiger partial charge in [0, 0.05) is 29.9 Å². The third-order valence-electron chi connectivity index (χ3n) is 3.19. The van der Waals surface area contributed by atoms with E-state index in [1.165, 1.54) is 5.56 Å².